The fraction of sp³-hybridized carbons (Fsp3) is 0.167. The first kappa shape index (κ1) is 24.8. The van der Waals surface area contributed by atoms with Crippen molar-refractivity contribution in [3.63, 3.8) is 0 Å². The zero-order valence-electron chi connectivity index (χ0n) is 18.4. The van der Waals surface area contributed by atoms with Crippen LogP contribution in [0.15, 0.2) is 66.7 Å². The molecule has 1 saturated heterocycles. The molecule has 0 saturated carbocycles. The van der Waals surface area contributed by atoms with Gasteiger partial charge in [-0.3, -0.25) is 4.79 Å². The van der Waals surface area contributed by atoms with Crippen LogP contribution in [0, 0.1) is 5.82 Å². The monoisotopic (exact) mass is 517 g/mol. The molecule has 2 atom stereocenters. The second kappa shape index (κ2) is 9.74. The molecule has 4 rings (SSSR count). The van der Waals surface area contributed by atoms with E-state index in [0.717, 1.165) is 10.4 Å². The van der Waals surface area contributed by atoms with E-state index in [1.54, 1.807) is 36.4 Å². The van der Waals surface area contributed by atoms with Crippen LogP contribution in [0.1, 0.15) is 28.4 Å². The van der Waals surface area contributed by atoms with E-state index in [9.17, 15) is 27.5 Å². The maximum atomic E-state index is 13.4. The Bertz CT molecular complexity index is 1420. The van der Waals surface area contributed by atoms with Crippen LogP contribution >= 0.6 is 11.6 Å². The van der Waals surface area contributed by atoms with Crippen LogP contribution in [0.2, 0.25) is 5.02 Å². The van der Waals surface area contributed by atoms with Gasteiger partial charge in [-0.25, -0.2) is 9.18 Å². The zero-order chi connectivity index (χ0) is 25.3. The number of hydrogen-bond donors (Lipinski definition) is 3. The second-order valence-corrected chi connectivity index (χ2v) is 10.2. The maximum Gasteiger partial charge on any atom is 0.335 e. The number of anilines is 1. The molecular weight excluding hydrogens is 497 g/mol. The summed E-state index contributed by atoms with van der Waals surface area (Å²) in [5.74, 6) is -2.28. The van der Waals surface area contributed by atoms with Crippen molar-refractivity contribution in [2.24, 2.45) is 0 Å². The molecule has 3 N–H and O–H groups in total. The van der Waals surface area contributed by atoms with Gasteiger partial charge in [-0.1, -0.05) is 41.9 Å². The minimum atomic E-state index is -4.00. The maximum absolute atomic E-state index is 13.4. The van der Waals surface area contributed by atoms with Gasteiger partial charge >= 0.3 is 5.97 Å². The molecule has 0 spiro atoms. The summed E-state index contributed by atoms with van der Waals surface area (Å²) in [5.41, 5.74) is 2.34. The highest BCUT2D eigenvalue weighted by Crippen LogP contribution is 2.31. The Morgan fingerprint density at radius 2 is 1.77 bits per heavy atom. The molecule has 1 fully saturated rings. The van der Waals surface area contributed by atoms with E-state index < -0.39 is 40.0 Å². The molecule has 3 aromatic carbocycles. The van der Waals surface area contributed by atoms with Crippen molar-refractivity contribution in [2.45, 2.75) is 18.5 Å². The number of hydrogen-bond acceptors (Lipinski definition) is 4. The number of carboxylic acids is 1. The van der Waals surface area contributed by atoms with Gasteiger partial charge in [0, 0.05) is 18.8 Å². The lowest BCUT2D eigenvalue weighted by molar-refractivity contribution is -0.120. The van der Waals surface area contributed by atoms with Crippen LogP contribution in [0.4, 0.5) is 10.1 Å². The zero-order valence-corrected chi connectivity index (χ0v) is 20.0. The molecule has 8 nitrogen and oxygen atoms in total. The van der Waals surface area contributed by atoms with Crippen LogP contribution in [0.25, 0.3) is 11.1 Å². The fourth-order valence-corrected chi connectivity index (χ4v) is 5.35. The Balaban J connectivity index is 1.61. The average molecular weight is 518 g/mol. The molecule has 0 aliphatic carbocycles. The quantitative estimate of drug-likeness (QED) is 0.472. The molecular formula is C24H21ClFN3O5S. The third-order valence-corrected chi connectivity index (χ3v) is 7.67. The van der Waals surface area contributed by atoms with Crippen molar-refractivity contribution in [1.29, 1.82) is 0 Å². The van der Waals surface area contributed by atoms with Crippen LogP contribution in [0.3, 0.4) is 0 Å². The first-order valence-electron chi connectivity index (χ1n) is 10.5. The molecule has 35 heavy (non-hydrogen) atoms. The Kier molecular flexibility index (Phi) is 6.91. The highest BCUT2D eigenvalue weighted by Gasteiger charge is 2.40. The summed E-state index contributed by atoms with van der Waals surface area (Å²) in [4.78, 5) is 24.3. The van der Waals surface area contributed by atoms with Crippen LogP contribution in [-0.2, 0) is 15.0 Å². The molecule has 0 unspecified atom stereocenters. The number of carbonyl (C=O) groups is 2. The van der Waals surface area contributed by atoms with Crippen molar-refractivity contribution in [2.75, 3.05) is 12.4 Å². The lowest BCUT2D eigenvalue weighted by atomic mass is 9.95. The van der Waals surface area contributed by atoms with Gasteiger partial charge < -0.3 is 10.4 Å². The first-order valence-corrected chi connectivity index (χ1v) is 12.3. The topological polar surface area (TPSA) is 116 Å². The summed E-state index contributed by atoms with van der Waals surface area (Å²) in [5, 5.41) is 11.7. The predicted molar refractivity (Wildman–Crippen MR) is 130 cm³/mol. The summed E-state index contributed by atoms with van der Waals surface area (Å²) in [6, 6.07) is 15.3. The van der Waals surface area contributed by atoms with E-state index in [-0.39, 0.29) is 22.7 Å². The Morgan fingerprint density at radius 1 is 1.09 bits per heavy atom. The lowest BCUT2D eigenvalue weighted by Gasteiger charge is -2.36. The SMILES string of the molecule is CN1[C@H](C(=O)Nc2ccc(F)c(Cl)c2)C[C@H](c2cccc(-c3cccc(C(=O)O)c3)c2)NS1(=O)=O. The highest BCUT2D eigenvalue weighted by atomic mass is 35.5. The minimum Gasteiger partial charge on any atom is -0.478 e. The Hall–Kier alpha value is -3.31. The molecule has 0 bridgehead atoms. The van der Waals surface area contributed by atoms with Gasteiger partial charge in [0.05, 0.1) is 10.6 Å². The number of benzene rings is 3. The summed E-state index contributed by atoms with van der Waals surface area (Å²) in [7, 11) is -2.70. The van der Waals surface area contributed by atoms with Crippen molar-refractivity contribution in [1.82, 2.24) is 9.03 Å². The van der Waals surface area contributed by atoms with Crippen molar-refractivity contribution in [3.05, 3.63) is 88.7 Å². The third kappa shape index (κ3) is 5.35. The van der Waals surface area contributed by atoms with Gasteiger partial charge in [-0.15, -0.1) is 0 Å². The van der Waals surface area contributed by atoms with Crippen LogP contribution in [-0.4, -0.2) is 42.8 Å². The summed E-state index contributed by atoms with van der Waals surface area (Å²) < 4.78 is 42.6. The van der Waals surface area contributed by atoms with E-state index in [1.165, 1.54) is 31.3 Å². The first-order chi connectivity index (χ1) is 16.5. The van der Waals surface area contributed by atoms with Gasteiger partial charge in [0.2, 0.25) is 5.91 Å². The molecule has 0 radical (unpaired) electrons. The summed E-state index contributed by atoms with van der Waals surface area (Å²) in [6.07, 6.45) is 0.120. The number of nitrogens with one attached hydrogen (secondary N) is 2. The van der Waals surface area contributed by atoms with Gasteiger partial charge in [0.25, 0.3) is 10.2 Å². The molecule has 182 valence electrons. The van der Waals surface area contributed by atoms with Gasteiger partial charge in [0.15, 0.2) is 0 Å². The second-order valence-electron chi connectivity index (χ2n) is 8.07. The Morgan fingerprint density at radius 3 is 2.46 bits per heavy atom. The molecule has 1 amide bonds. The van der Waals surface area contributed by atoms with Crippen LogP contribution in [0.5, 0.6) is 0 Å². The number of carboxylic acid groups (broad SMARTS) is 1. The van der Waals surface area contributed by atoms with E-state index in [0.29, 0.717) is 16.7 Å². The third-order valence-electron chi connectivity index (χ3n) is 5.79. The minimum absolute atomic E-state index is 0.120. The average Bonchev–Trinajstić information content (AvgIpc) is 2.83. The van der Waals surface area contributed by atoms with Crippen molar-refractivity contribution >= 4 is 39.4 Å². The standard InChI is InChI=1S/C24H21ClFN3O5S/c1-29-22(23(30)27-18-8-9-20(26)19(25)12-18)13-21(28-35(29,33)34)16-6-2-4-14(10-16)15-5-3-7-17(11-15)24(31)32/h2-12,21-22,28H,13H2,1H3,(H,27,30)(H,31,32)/t21-,22+/m1/s1. The van der Waals surface area contributed by atoms with Gasteiger partial charge in [0.1, 0.15) is 11.9 Å². The molecule has 0 aromatic heterocycles. The fourth-order valence-electron chi connectivity index (χ4n) is 3.89. The Labute approximate surface area is 206 Å². The number of rotatable bonds is 5. The normalized spacial score (nSPS) is 19.7. The number of carbonyl (C=O) groups excluding carboxylic acids is 1. The van der Waals surface area contributed by atoms with E-state index in [1.807, 2.05) is 0 Å². The molecule has 1 aliphatic heterocycles. The van der Waals surface area contributed by atoms with Crippen molar-refractivity contribution in [3.8, 4) is 11.1 Å². The molecule has 1 heterocycles. The number of likely N-dealkylation sites (N-methyl/N-ethyl adjacent to an activating group) is 1. The van der Waals surface area contributed by atoms with Crippen LogP contribution < -0.4 is 10.0 Å². The van der Waals surface area contributed by atoms with Gasteiger partial charge in [-0.05, 0) is 59.5 Å². The number of nitrogens with zero attached hydrogens (tertiary/aromatic N) is 1. The summed E-state index contributed by atoms with van der Waals surface area (Å²) in [6.45, 7) is 0. The summed E-state index contributed by atoms with van der Waals surface area (Å²) >= 11 is 5.78. The highest BCUT2D eigenvalue weighted by molar-refractivity contribution is 7.87. The molecule has 3 aromatic rings. The van der Waals surface area contributed by atoms with E-state index in [2.05, 4.69) is 10.0 Å². The number of amides is 1. The smallest absolute Gasteiger partial charge is 0.335 e. The number of halogens is 2. The molecule has 1 aliphatic rings. The van der Waals surface area contributed by atoms with E-state index in [4.69, 9.17) is 11.6 Å². The van der Waals surface area contributed by atoms with Gasteiger partial charge in [-0.2, -0.15) is 17.4 Å². The molecule has 11 heteroatoms. The predicted octanol–water partition coefficient (Wildman–Crippen LogP) is 4.06. The largest absolute Gasteiger partial charge is 0.478 e. The number of aromatic carboxylic acids is 1. The lowest BCUT2D eigenvalue weighted by Crippen LogP contribution is -2.55. The van der Waals surface area contributed by atoms with E-state index >= 15 is 0 Å². The van der Waals surface area contributed by atoms with Crippen molar-refractivity contribution < 1.29 is 27.5 Å².